The number of rotatable bonds is 5. The van der Waals surface area contributed by atoms with E-state index in [9.17, 15) is 12.8 Å². The molecule has 0 unspecified atom stereocenters. The molecule has 0 amide bonds. The molecule has 9 heteroatoms. The van der Waals surface area contributed by atoms with Gasteiger partial charge in [-0.2, -0.15) is 0 Å². The molecule has 0 aliphatic carbocycles. The fraction of sp³-hybridized carbons (Fsp3) is 0. The first-order valence-corrected chi connectivity index (χ1v) is 11.1. The van der Waals surface area contributed by atoms with Crippen LogP contribution in [0.25, 0.3) is 11.0 Å². The van der Waals surface area contributed by atoms with Gasteiger partial charge >= 0.3 is 0 Å². The van der Waals surface area contributed by atoms with Gasteiger partial charge < -0.3 is 0 Å². The summed E-state index contributed by atoms with van der Waals surface area (Å²) in [7, 11) is -3.97. The lowest BCUT2D eigenvalue weighted by molar-refractivity contribution is 0.599. The van der Waals surface area contributed by atoms with Gasteiger partial charge in [0.1, 0.15) is 10.8 Å². The molecule has 1 heterocycles. The van der Waals surface area contributed by atoms with Gasteiger partial charge in [0.15, 0.2) is 5.82 Å². The lowest BCUT2D eigenvalue weighted by Crippen LogP contribution is -2.15. The van der Waals surface area contributed by atoms with Gasteiger partial charge in [0.25, 0.3) is 10.0 Å². The highest BCUT2D eigenvalue weighted by atomic mass is 35.5. The summed E-state index contributed by atoms with van der Waals surface area (Å²) in [6, 6.07) is 18.8. The number of nitrogens with zero attached hydrogens (tertiary/aromatic N) is 2. The van der Waals surface area contributed by atoms with Gasteiger partial charge in [-0.1, -0.05) is 35.5 Å². The third-order valence-electron chi connectivity index (χ3n) is 3.92. The zero-order valence-electron chi connectivity index (χ0n) is 14.7. The van der Waals surface area contributed by atoms with Gasteiger partial charge in [-0.3, -0.25) is 4.72 Å². The molecule has 3 aromatic carbocycles. The van der Waals surface area contributed by atoms with E-state index in [4.69, 9.17) is 11.6 Å². The van der Waals surface area contributed by atoms with Crippen molar-refractivity contribution in [3.05, 3.63) is 83.6 Å². The van der Waals surface area contributed by atoms with Crippen molar-refractivity contribution in [1.29, 1.82) is 0 Å². The van der Waals surface area contributed by atoms with Crippen LogP contribution in [0, 0.1) is 5.82 Å². The highest BCUT2D eigenvalue weighted by Crippen LogP contribution is 2.34. The Bertz CT molecular complexity index is 1280. The first-order chi connectivity index (χ1) is 13.9. The number of hydrogen-bond acceptors (Lipinski definition) is 5. The van der Waals surface area contributed by atoms with Gasteiger partial charge in [-0.15, -0.1) is 0 Å². The van der Waals surface area contributed by atoms with E-state index in [0.717, 1.165) is 17.0 Å². The molecule has 0 fully saturated rings. The molecule has 0 spiro atoms. The van der Waals surface area contributed by atoms with E-state index in [1.165, 1.54) is 23.9 Å². The smallest absolute Gasteiger partial charge is 0.261 e. The second kappa shape index (κ2) is 7.98. The zero-order chi connectivity index (χ0) is 20.4. The Labute approximate surface area is 176 Å². The highest BCUT2D eigenvalue weighted by Gasteiger charge is 2.19. The van der Waals surface area contributed by atoms with Gasteiger partial charge in [0, 0.05) is 9.92 Å². The van der Waals surface area contributed by atoms with E-state index < -0.39 is 15.8 Å². The Hall–Kier alpha value is -2.68. The van der Waals surface area contributed by atoms with Crippen LogP contribution >= 0.6 is 23.4 Å². The number of anilines is 1. The van der Waals surface area contributed by atoms with E-state index in [1.807, 2.05) is 18.2 Å². The Morgan fingerprint density at radius 1 is 0.862 bits per heavy atom. The first-order valence-electron chi connectivity index (χ1n) is 8.39. The van der Waals surface area contributed by atoms with Gasteiger partial charge in [-0.05, 0) is 60.7 Å². The number of halogens is 2. The maximum atomic E-state index is 13.2. The lowest BCUT2D eigenvalue weighted by atomic mass is 10.3. The largest absolute Gasteiger partial charge is 0.263 e. The average molecular weight is 446 g/mol. The second-order valence-corrected chi connectivity index (χ2v) is 9.16. The van der Waals surface area contributed by atoms with Gasteiger partial charge in [-0.25, -0.2) is 22.8 Å². The Morgan fingerprint density at radius 2 is 1.48 bits per heavy atom. The molecule has 0 saturated heterocycles. The average Bonchev–Trinajstić information content (AvgIpc) is 2.70. The number of hydrogen-bond donors (Lipinski definition) is 1. The molecule has 29 heavy (non-hydrogen) atoms. The van der Waals surface area contributed by atoms with Crippen LogP contribution in [0.3, 0.4) is 0 Å². The predicted octanol–water partition coefficient (Wildman–Crippen LogP) is 5.37. The molecule has 1 N–H and O–H groups in total. The fourth-order valence-corrected chi connectivity index (χ4v) is 4.57. The fourth-order valence-electron chi connectivity index (χ4n) is 2.54. The third-order valence-corrected chi connectivity index (χ3v) is 6.51. The lowest BCUT2D eigenvalue weighted by Gasteiger charge is -2.12. The monoisotopic (exact) mass is 445 g/mol. The van der Waals surface area contributed by atoms with Gasteiger partial charge in [0.2, 0.25) is 0 Å². The maximum absolute atomic E-state index is 13.2. The normalized spacial score (nSPS) is 11.5. The minimum absolute atomic E-state index is 0.0729. The maximum Gasteiger partial charge on any atom is 0.263 e. The molecule has 4 rings (SSSR count). The van der Waals surface area contributed by atoms with Crippen molar-refractivity contribution in [2.75, 3.05) is 4.72 Å². The van der Waals surface area contributed by atoms with E-state index in [0.29, 0.717) is 21.1 Å². The molecule has 146 valence electrons. The van der Waals surface area contributed by atoms with Crippen LogP contribution in [0.1, 0.15) is 0 Å². The molecule has 1 aromatic heterocycles. The predicted molar refractivity (Wildman–Crippen MR) is 112 cm³/mol. The van der Waals surface area contributed by atoms with Crippen LogP contribution in [0.15, 0.2) is 87.6 Å². The summed E-state index contributed by atoms with van der Waals surface area (Å²) in [6.45, 7) is 0. The summed E-state index contributed by atoms with van der Waals surface area (Å²) in [4.78, 5) is 9.76. The van der Waals surface area contributed by atoms with Crippen LogP contribution < -0.4 is 4.72 Å². The molecule has 5 nitrogen and oxygen atoms in total. The molecule has 0 bridgehead atoms. The number of aromatic nitrogens is 2. The molecule has 0 saturated carbocycles. The molecule has 0 radical (unpaired) electrons. The third kappa shape index (κ3) is 4.50. The minimum atomic E-state index is -3.97. The van der Waals surface area contributed by atoms with E-state index >= 15 is 0 Å². The zero-order valence-corrected chi connectivity index (χ0v) is 17.1. The van der Waals surface area contributed by atoms with Crippen LogP contribution in [-0.4, -0.2) is 18.4 Å². The molecule has 0 aliphatic heterocycles. The molecule has 4 aromatic rings. The number of para-hydroxylation sites is 2. The highest BCUT2D eigenvalue weighted by molar-refractivity contribution is 7.99. The molecule has 0 atom stereocenters. The number of fused-ring (bicyclic) bond motifs is 1. The Kier molecular flexibility index (Phi) is 5.40. The topological polar surface area (TPSA) is 72.0 Å². The summed E-state index contributed by atoms with van der Waals surface area (Å²) in [5.74, 6) is -0.429. The summed E-state index contributed by atoms with van der Waals surface area (Å²) < 4.78 is 41.2. The number of nitrogens with one attached hydrogen (secondary N) is 1. The van der Waals surface area contributed by atoms with Gasteiger partial charge in [0.05, 0.1) is 15.9 Å². The Balaban J connectivity index is 1.77. The summed E-state index contributed by atoms with van der Waals surface area (Å²) in [5, 5.41) is 0.980. The van der Waals surface area contributed by atoms with Crippen LogP contribution in [0.5, 0.6) is 0 Å². The van der Waals surface area contributed by atoms with Crippen molar-refractivity contribution in [3.8, 4) is 0 Å². The molecular weight excluding hydrogens is 433 g/mol. The van der Waals surface area contributed by atoms with Crippen LogP contribution in [-0.2, 0) is 10.0 Å². The van der Waals surface area contributed by atoms with Crippen molar-refractivity contribution in [3.63, 3.8) is 0 Å². The first kappa shape index (κ1) is 19.6. The van der Waals surface area contributed by atoms with E-state index in [-0.39, 0.29) is 10.7 Å². The molecule has 0 aliphatic rings. The standard InChI is InChI=1S/C20H13ClFN3O2S2/c21-13-5-9-15(10-6-13)28-20-19(23-17-3-1-2-4-18(17)24-20)25-29(26,27)16-11-7-14(22)8-12-16/h1-12H,(H,23,25). The number of sulfonamides is 1. The SMILES string of the molecule is O=S(=O)(Nc1nc2ccccc2nc1Sc1ccc(Cl)cc1)c1ccc(F)cc1. The summed E-state index contributed by atoms with van der Waals surface area (Å²) in [5.41, 5.74) is 1.18. The number of benzene rings is 3. The van der Waals surface area contributed by atoms with Crippen LogP contribution in [0.4, 0.5) is 10.2 Å². The van der Waals surface area contributed by atoms with Crippen LogP contribution in [0.2, 0.25) is 5.02 Å². The summed E-state index contributed by atoms with van der Waals surface area (Å²) >= 11 is 7.19. The molecular formula is C20H13ClFN3O2S2. The Morgan fingerprint density at radius 3 is 2.14 bits per heavy atom. The quantitative estimate of drug-likeness (QED) is 0.447. The van der Waals surface area contributed by atoms with Crippen molar-refractivity contribution < 1.29 is 12.8 Å². The van der Waals surface area contributed by atoms with Crippen molar-refractivity contribution >= 4 is 50.2 Å². The van der Waals surface area contributed by atoms with E-state index in [2.05, 4.69) is 14.7 Å². The van der Waals surface area contributed by atoms with Crippen molar-refractivity contribution in [1.82, 2.24) is 9.97 Å². The summed E-state index contributed by atoms with van der Waals surface area (Å²) in [6.07, 6.45) is 0. The van der Waals surface area contributed by atoms with Crippen molar-refractivity contribution in [2.24, 2.45) is 0 Å². The van der Waals surface area contributed by atoms with E-state index in [1.54, 1.807) is 30.3 Å². The second-order valence-electron chi connectivity index (χ2n) is 5.98. The minimum Gasteiger partial charge on any atom is -0.261 e. The van der Waals surface area contributed by atoms with Crippen molar-refractivity contribution in [2.45, 2.75) is 14.8 Å².